The normalized spacial score (nSPS) is 13.9. The van der Waals surface area contributed by atoms with Gasteiger partial charge in [0.25, 0.3) is 0 Å². The minimum Gasteiger partial charge on any atom is -0.507 e. The number of carbonyl (C=O) groups excluding carboxylic acids is 1. The van der Waals surface area contributed by atoms with Crippen LogP contribution in [0, 0.1) is 0 Å². The second-order valence-electron chi connectivity index (χ2n) is 10.1. The van der Waals surface area contributed by atoms with Crippen LogP contribution in [0.25, 0.3) is 0 Å². The van der Waals surface area contributed by atoms with Crippen molar-refractivity contribution in [2.75, 3.05) is 21.3 Å². The topological polar surface area (TPSA) is 91.0 Å². The third kappa shape index (κ3) is 5.18. The van der Waals surface area contributed by atoms with Gasteiger partial charge in [-0.2, -0.15) is 0 Å². The molecule has 2 aromatic rings. The van der Waals surface area contributed by atoms with E-state index >= 15 is 0 Å². The van der Waals surface area contributed by atoms with E-state index in [4.69, 9.17) is 19.9 Å². The summed E-state index contributed by atoms with van der Waals surface area (Å²) in [6, 6.07) is 8.41. The number of hydrogen-bond acceptors (Lipinski definition) is 6. The Morgan fingerprint density at radius 3 is 1.75 bits per heavy atom. The van der Waals surface area contributed by atoms with Crippen molar-refractivity contribution in [3.63, 3.8) is 0 Å². The molecule has 0 fully saturated rings. The highest BCUT2D eigenvalue weighted by Gasteiger charge is 2.33. The van der Waals surface area contributed by atoms with Crippen LogP contribution in [0.15, 0.2) is 30.3 Å². The van der Waals surface area contributed by atoms with Gasteiger partial charge in [0.2, 0.25) is 0 Å². The van der Waals surface area contributed by atoms with Crippen LogP contribution >= 0.6 is 0 Å². The average Bonchev–Trinajstić information content (AvgIpc) is 2.72. The van der Waals surface area contributed by atoms with E-state index in [1.165, 1.54) is 7.11 Å². The number of methoxy groups -OCH3 is 3. The molecule has 0 heterocycles. The summed E-state index contributed by atoms with van der Waals surface area (Å²) in [6.45, 7) is 12.3. The van der Waals surface area contributed by atoms with Gasteiger partial charge in [0, 0.05) is 5.92 Å². The number of esters is 1. The number of hydrogen-bond donors (Lipinski definition) is 2. The molecular weight excluding hydrogens is 406 g/mol. The van der Waals surface area contributed by atoms with E-state index in [1.807, 2.05) is 65.8 Å². The van der Waals surface area contributed by atoms with Crippen LogP contribution in [0.5, 0.6) is 17.2 Å². The minimum absolute atomic E-state index is 0.270. The molecule has 6 nitrogen and oxygen atoms in total. The molecule has 0 spiro atoms. The van der Waals surface area contributed by atoms with E-state index in [0.29, 0.717) is 11.5 Å². The van der Waals surface area contributed by atoms with Crippen molar-refractivity contribution in [2.24, 2.45) is 5.73 Å². The Morgan fingerprint density at radius 1 is 0.844 bits per heavy atom. The summed E-state index contributed by atoms with van der Waals surface area (Å²) in [5.74, 6) is 0.347. The number of rotatable bonds is 6. The zero-order chi connectivity index (χ0) is 24.4. The molecule has 0 amide bonds. The molecule has 0 aromatic heterocycles. The lowest BCUT2D eigenvalue weighted by Gasteiger charge is -2.31. The van der Waals surface area contributed by atoms with E-state index < -0.39 is 17.9 Å². The molecule has 32 heavy (non-hydrogen) atoms. The summed E-state index contributed by atoms with van der Waals surface area (Å²) in [6.07, 6.45) is 0. The average molecular weight is 444 g/mol. The van der Waals surface area contributed by atoms with Crippen molar-refractivity contribution in [1.82, 2.24) is 0 Å². The number of benzene rings is 2. The van der Waals surface area contributed by atoms with Gasteiger partial charge in [0.05, 0.1) is 21.3 Å². The van der Waals surface area contributed by atoms with Crippen molar-refractivity contribution in [2.45, 2.75) is 64.3 Å². The van der Waals surface area contributed by atoms with Crippen LogP contribution in [0.4, 0.5) is 0 Å². The molecule has 2 atom stereocenters. The molecule has 3 N–H and O–H groups in total. The van der Waals surface area contributed by atoms with Gasteiger partial charge in [-0.15, -0.1) is 0 Å². The first-order chi connectivity index (χ1) is 14.8. The van der Waals surface area contributed by atoms with Crippen molar-refractivity contribution in [3.05, 3.63) is 52.6 Å². The fraction of sp³-hybridized carbons (Fsp3) is 0.500. The van der Waals surface area contributed by atoms with E-state index in [2.05, 4.69) is 0 Å². The zero-order valence-corrected chi connectivity index (χ0v) is 20.7. The molecule has 0 saturated heterocycles. The van der Waals surface area contributed by atoms with E-state index in [0.717, 1.165) is 22.3 Å². The first-order valence-electron chi connectivity index (χ1n) is 10.7. The van der Waals surface area contributed by atoms with E-state index in [-0.39, 0.29) is 16.6 Å². The number of phenolic OH excluding ortho intramolecular Hbond substituents is 1. The van der Waals surface area contributed by atoms with Gasteiger partial charge >= 0.3 is 5.97 Å². The molecule has 0 unspecified atom stereocenters. The third-order valence-electron chi connectivity index (χ3n) is 5.71. The fourth-order valence-corrected chi connectivity index (χ4v) is 3.91. The summed E-state index contributed by atoms with van der Waals surface area (Å²) in [5.41, 5.74) is 8.99. The first-order valence-corrected chi connectivity index (χ1v) is 10.7. The molecule has 176 valence electrons. The van der Waals surface area contributed by atoms with Crippen LogP contribution in [0.3, 0.4) is 0 Å². The Balaban J connectivity index is 2.87. The van der Waals surface area contributed by atoms with Crippen LogP contribution < -0.4 is 15.2 Å². The van der Waals surface area contributed by atoms with Crippen molar-refractivity contribution < 1.29 is 24.1 Å². The van der Waals surface area contributed by atoms with Crippen LogP contribution in [-0.2, 0) is 20.4 Å². The van der Waals surface area contributed by atoms with Crippen LogP contribution in [0.1, 0.15) is 69.7 Å². The molecule has 0 bridgehead atoms. The number of aromatic hydroxyl groups is 1. The minimum atomic E-state index is -0.955. The number of phenols is 1. The Hall–Kier alpha value is -2.73. The fourth-order valence-electron chi connectivity index (χ4n) is 3.91. The molecule has 0 saturated carbocycles. The largest absolute Gasteiger partial charge is 0.507 e. The van der Waals surface area contributed by atoms with Crippen molar-refractivity contribution in [3.8, 4) is 17.2 Å². The van der Waals surface area contributed by atoms with Gasteiger partial charge < -0.3 is 25.1 Å². The van der Waals surface area contributed by atoms with Gasteiger partial charge in [-0.05, 0) is 45.2 Å². The predicted octanol–water partition coefficient (Wildman–Crippen LogP) is 4.64. The van der Waals surface area contributed by atoms with Gasteiger partial charge in [-0.3, -0.25) is 4.79 Å². The summed E-state index contributed by atoms with van der Waals surface area (Å²) in [4.78, 5) is 12.6. The molecule has 2 rings (SSSR count). The second-order valence-corrected chi connectivity index (χ2v) is 10.1. The number of ether oxygens (including phenoxy) is 3. The monoisotopic (exact) mass is 443 g/mol. The van der Waals surface area contributed by atoms with Crippen LogP contribution in [-0.4, -0.2) is 38.4 Å². The number of carbonyl (C=O) groups is 1. The third-order valence-corrected chi connectivity index (χ3v) is 5.71. The van der Waals surface area contributed by atoms with E-state index in [1.54, 1.807) is 20.3 Å². The molecular formula is C26H37NO5. The summed E-state index contributed by atoms with van der Waals surface area (Å²) in [7, 11) is 4.46. The molecule has 6 heteroatoms. The van der Waals surface area contributed by atoms with Gasteiger partial charge in [0.1, 0.15) is 11.8 Å². The summed E-state index contributed by atoms with van der Waals surface area (Å²) in [5, 5.41) is 11.1. The molecule has 0 radical (unpaired) electrons. The zero-order valence-electron chi connectivity index (χ0n) is 20.7. The number of nitrogens with two attached hydrogens (primary N) is 1. The van der Waals surface area contributed by atoms with Gasteiger partial charge in [-0.1, -0.05) is 59.7 Å². The highest BCUT2D eigenvalue weighted by atomic mass is 16.5. The van der Waals surface area contributed by atoms with Gasteiger partial charge in [0.15, 0.2) is 11.5 Å². The summed E-state index contributed by atoms with van der Waals surface area (Å²) >= 11 is 0. The molecule has 0 aliphatic rings. The maximum absolute atomic E-state index is 12.6. The predicted molar refractivity (Wildman–Crippen MR) is 127 cm³/mol. The molecule has 0 aliphatic heterocycles. The highest BCUT2D eigenvalue weighted by Crippen LogP contribution is 2.43. The summed E-state index contributed by atoms with van der Waals surface area (Å²) < 4.78 is 15.8. The lowest BCUT2D eigenvalue weighted by Crippen LogP contribution is -2.38. The lowest BCUT2D eigenvalue weighted by atomic mass is 9.75. The Morgan fingerprint density at radius 2 is 1.34 bits per heavy atom. The maximum Gasteiger partial charge on any atom is 0.323 e. The Labute approximate surface area is 191 Å². The molecule has 0 aliphatic carbocycles. The Bertz CT molecular complexity index is 934. The van der Waals surface area contributed by atoms with Crippen molar-refractivity contribution in [1.29, 1.82) is 0 Å². The highest BCUT2D eigenvalue weighted by molar-refractivity contribution is 5.78. The van der Waals surface area contributed by atoms with Crippen molar-refractivity contribution >= 4 is 5.97 Å². The standard InChI is InChI=1S/C26H37NO5/c1-25(2,3)17-12-16(13-18(23(17)28)26(4,5)6)21(22(27)24(29)32-9)15-10-11-19(30-7)20(14-15)31-8/h10-14,21-22,28H,27H2,1-9H3/t21-,22-/m0/s1. The lowest BCUT2D eigenvalue weighted by molar-refractivity contribution is -0.142. The first kappa shape index (κ1) is 25.5. The SMILES string of the molecule is COC(=O)[C@@H](N)[C@@H](c1ccc(OC)c(OC)c1)c1cc(C(C)(C)C)c(O)c(C(C)(C)C)c1. The van der Waals surface area contributed by atoms with Crippen LogP contribution in [0.2, 0.25) is 0 Å². The Kier molecular flexibility index (Phi) is 7.51. The molecule has 2 aromatic carbocycles. The maximum atomic E-state index is 12.6. The smallest absolute Gasteiger partial charge is 0.323 e. The van der Waals surface area contributed by atoms with Gasteiger partial charge in [-0.25, -0.2) is 0 Å². The second kappa shape index (κ2) is 9.41. The van der Waals surface area contributed by atoms with E-state index in [9.17, 15) is 9.90 Å². The quantitative estimate of drug-likeness (QED) is 0.632.